The van der Waals surface area contributed by atoms with Crippen LogP contribution < -0.4 is 4.90 Å². The normalized spacial score (nSPS) is 15.5. The average molecular weight is 260 g/mol. The summed E-state index contributed by atoms with van der Waals surface area (Å²) in [5.74, 6) is 0. The van der Waals surface area contributed by atoms with Gasteiger partial charge in [0.1, 0.15) is 6.67 Å². The molecule has 13 heavy (non-hydrogen) atoms. The summed E-state index contributed by atoms with van der Waals surface area (Å²) in [6.45, 7) is 0.698. The molecule has 2 nitrogen and oxygen atoms in total. The van der Waals surface area contributed by atoms with Gasteiger partial charge in [-0.05, 0) is 24.3 Å². The Hall–Kier alpha value is -0.670. The quantitative estimate of drug-likeness (QED) is 0.715. The number of anilines is 1. The average Bonchev–Trinajstić information content (AvgIpc) is 2.53. The standard InChI is InChI=1S/C9H8BrClN2/c10-8-1-3-9(4-2-8)12-5-6-13(11)7-12/h1-6H,7H2. The first kappa shape index (κ1) is 8.91. The first-order chi connectivity index (χ1) is 6.25. The van der Waals surface area contributed by atoms with E-state index >= 15 is 0 Å². The number of nitrogens with zero attached hydrogens (tertiary/aromatic N) is 2. The fraction of sp³-hybridized carbons (Fsp3) is 0.111. The molecular weight excluding hydrogens is 251 g/mol. The Bertz CT molecular complexity index is 323. The van der Waals surface area contributed by atoms with Crippen molar-refractivity contribution < 1.29 is 0 Å². The van der Waals surface area contributed by atoms with Crippen LogP contribution in [0, 0.1) is 0 Å². The largest absolute Gasteiger partial charge is 0.327 e. The van der Waals surface area contributed by atoms with E-state index in [1.165, 1.54) is 0 Å². The Morgan fingerprint density at radius 3 is 2.38 bits per heavy atom. The van der Waals surface area contributed by atoms with Gasteiger partial charge in [-0.15, -0.1) is 0 Å². The molecule has 1 aliphatic heterocycles. The van der Waals surface area contributed by atoms with E-state index in [0.717, 1.165) is 10.2 Å². The van der Waals surface area contributed by atoms with E-state index in [0.29, 0.717) is 6.67 Å². The predicted octanol–water partition coefficient (Wildman–Crippen LogP) is 3.15. The fourth-order valence-corrected chi connectivity index (χ4v) is 1.62. The summed E-state index contributed by atoms with van der Waals surface area (Å²) in [4.78, 5) is 2.07. The van der Waals surface area contributed by atoms with Crippen LogP contribution in [0.2, 0.25) is 0 Å². The zero-order valence-electron chi connectivity index (χ0n) is 6.82. The van der Waals surface area contributed by atoms with Gasteiger partial charge in [0.05, 0.1) is 0 Å². The Morgan fingerprint density at radius 2 is 1.85 bits per heavy atom. The van der Waals surface area contributed by atoms with Crippen LogP contribution in [0.1, 0.15) is 0 Å². The van der Waals surface area contributed by atoms with Crippen molar-refractivity contribution in [2.24, 2.45) is 0 Å². The van der Waals surface area contributed by atoms with Gasteiger partial charge < -0.3 is 4.90 Å². The summed E-state index contributed by atoms with van der Waals surface area (Å²) in [5, 5.41) is 0. The predicted molar refractivity (Wildman–Crippen MR) is 58.3 cm³/mol. The van der Waals surface area contributed by atoms with E-state index in [1.54, 1.807) is 4.42 Å². The van der Waals surface area contributed by atoms with Crippen LogP contribution in [0.15, 0.2) is 41.1 Å². The molecule has 0 aliphatic carbocycles. The van der Waals surface area contributed by atoms with Crippen LogP contribution in [0.5, 0.6) is 0 Å². The van der Waals surface area contributed by atoms with E-state index in [1.807, 2.05) is 36.7 Å². The number of hydrogen-bond acceptors (Lipinski definition) is 2. The van der Waals surface area contributed by atoms with Crippen LogP contribution in [-0.2, 0) is 0 Å². The summed E-state index contributed by atoms with van der Waals surface area (Å²) in [6, 6.07) is 8.12. The summed E-state index contributed by atoms with van der Waals surface area (Å²) in [7, 11) is 0. The molecule has 2 rings (SSSR count). The molecule has 1 aromatic carbocycles. The molecule has 0 N–H and O–H groups in total. The van der Waals surface area contributed by atoms with Crippen LogP contribution in [0.25, 0.3) is 0 Å². The lowest BCUT2D eigenvalue weighted by Crippen LogP contribution is -2.18. The number of halogens is 2. The highest BCUT2D eigenvalue weighted by Crippen LogP contribution is 2.22. The molecule has 0 fully saturated rings. The zero-order chi connectivity index (χ0) is 9.26. The molecule has 68 valence electrons. The molecule has 0 amide bonds. The summed E-state index contributed by atoms with van der Waals surface area (Å²) < 4.78 is 2.70. The number of rotatable bonds is 1. The molecule has 1 aromatic rings. The van der Waals surface area contributed by atoms with Gasteiger partial charge in [-0.3, -0.25) is 4.42 Å². The van der Waals surface area contributed by atoms with Gasteiger partial charge in [0.15, 0.2) is 0 Å². The van der Waals surface area contributed by atoms with Gasteiger partial charge in [-0.25, -0.2) is 0 Å². The minimum atomic E-state index is 0.698. The maximum absolute atomic E-state index is 5.78. The van der Waals surface area contributed by atoms with Crippen molar-refractivity contribution in [3.8, 4) is 0 Å². The molecule has 0 spiro atoms. The maximum atomic E-state index is 5.78. The first-order valence-corrected chi connectivity index (χ1v) is 5.02. The van der Waals surface area contributed by atoms with Crippen molar-refractivity contribution in [1.29, 1.82) is 0 Å². The lowest BCUT2D eigenvalue weighted by Gasteiger charge is -2.16. The topological polar surface area (TPSA) is 6.48 Å². The number of hydrogen-bond donors (Lipinski definition) is 0. The van der Waals surface area contributed by atoms with Gasteiger partial charge >= 0.3 is 0 Å². The summed E-state index contributed by atoms with van der Waals surface area (Å²) >= 11 is 9.18. The van der Waals surface area contributed by atoms with Crippen molar-refractivity contribution in [2.75, 3.05) is 11.6 Å². The van der Waals surface area contributed by atoms with Crippen LogP contribution in [0.3, 0.4) is 0 Å². The molecule has 0 saturated carbocycles. The third-order valence-corrected chi connectivity index (χ3v) is 2.60. The Kier molecular flexibility index (Phi) is 2.47. The second kappa shape index (κ2) is 3.60. The molecule has 4 heteroatoms. The van der Waals surface area contributed by atoms with Crippen LogP contribution in [0.4, 0.5) is 5.69 Å². The van der Waals surface area contributed by atoms with E-state index < -0.39 is 0 Å². The highest BCUT2D eigenvalue weighted by atomic mass is 79.9. The third-order valence-electron chi connectivity index (χ3n) is 1.85. The maximum Gasteiger partial charge on any atom is 0.110 e. The van der Waals surface area contributed by atoms with Crippen molar-refractivity contribution in [2.45, 2.75) is 0 Å². The zero-order valence-corrected chi connectivity index (χ0v) is 9.16. The Morgan fingerprint density at radius 1 is 1.15 bits per heavy atom. The highest BCUT2D eigenvalue weighted by molar-refractivity contribution is 9.10. The fourth-order valence-electron chi connectivity index (χ4n) is 1.19. The van der Waals surface area contributed by atoms with E-state index in [2.05, 4.69) is 20.8 Å². The second-order valence-electron chi connectivity index (χ2n) is 2.79. The van der Waals surface area contributed by atoms with Gasteiger partial charge in [0.2, 0.25) is 0 Å². The second-order valence-corrected chi connectivity index (χ2v) is 4.14. The van der Waals surface area contributed by atoms with Crippen molar-refractivity contribution in [1.82, 2.24) is 4.42 Å². The minimum absolute atomic E-state index is 0.698. The van der Waals surface area contributed by atoms with Gasteiger partial charge in [-0.1, -0.05) is 15.9 Å². The van der Waals surface area contributed by atoms with Crippen molar-refractivity contribution in [3.63, 3.8) is 0 Å². The molecule has 0 unspecified atom stereocenters. The van der Waals surface area contributed by atoms with Gasteiger partial charge in [0, 0.05) is 34.3 Å². The van der Waals surface area contributed by atoms with E-state index in [4.69, 9.17) is 11.8 Å². The lowest BCUT2D eigenvalue weighted by molar-refractivity contribution is 0.650. The first-order valence-electron chi connectivity index (χ1n) is 3.89. The number of benzene rings is 1. The molecule has 0 bridgehead atoms. The van der Waals surface area contributed by atoms with Gasteiger partial charge in [0.25, 0.3) is 0 Å². The molecule has 0 atom stereocenters. The molecule has 0 aromatic heterocycles. The molecule has 1 heterocycles. The smallest absolute Gasteiger partial charge is 0.110 e. The lowest BCUT2D eigenvalue weighted by atomic mass is 10.3. The molecule has 0 saturated heterocycles. The minimum Gasteiger partial charge on any atom is -0.327 e. The van der Waals surface area contributed by atoms with Crippen molar-refractivity contribution >= 4 is 33.4 Å². The van der Waals surface area contributed by atoms with E-state index in [-0.39, 0.29) is 0 Å². The van der Waals surface area contributed by atoms with E-state index in [9.17, 15) is 0 Å². The molecule has 1 aliphatic rings. The highest BCUT2D eigenvalue weighted by Gasteiger charge is 2.10. The van der Waals surface area contributed by atoms with Crippen LogP contribution in [-0.4, -0.2) is 11.1 Å². The molecule has 0 radical (unpaired) electrons. The Balaban J connectivity index is 2.18. The SMILES string of the molecule is ClN1C=CN(c2ccc(Br)cc2)C1. The third kappa shape index (κ3) is 1.98. The summed E-state index contributed by atoms with van der Waals surface area (Å²) in [6.07, 6.45) is 3.79. The van der Waals surface area contributed by atoms with Gasteiger partial charge in [-0.2, -0.15) is 0 Å². The monoisotopic (exact) mass is 258 g/mol. The summed E-state index contributed by atoms with van der Waals surface area (Å²) in [5.41, 5.74) is 1.14. The Labute approximate surface area is 90.6 Å². The van der Waals surface area contributed by atoms with Crippen molar-refractivity contribution in [3.05, 3.63) is 41.1 Å². The van der Waals surface area contributed by atoms with Crippen LogP contribution >= 0.6 is 27.7 Å². The molecular formula is C9H8BrClN2.